The van der Waals surface area contributed by atoms with Crippen molar-refractivity contribution >= 4 is 5.91 Å². The number of carbonyl (C=O) groups is 1. The first-order valence-electron chi connectivity index (χ1n) is 7.39. The highest BCUT2D eigenvalue weighted by molar-refractivity contribution is 5.82. The average Bonchev–Trinajstić information content (AvgIpc) is 2.41. The molecule has 0 atom stereocenters. The van der Waals surface area contributed by atoms with Crippen molar-refractivity contribution in [3.63, 3.8) is 0 Å². The SMILES string of the molecule is CC(C)(CN)C(C)(C)C(=O)NCCNCCNCCN. The second-order valence-electron chi connectivity index (χ2n) is 6.26. The Morgan fingerprint density at radius 3 is 1.90 bits per heavy atom. The zero-order chi connectivity index (χ0) is 15.6. The molecule has 0 saturated carbocycles. The van der Waals surface area contributed by atoms with Gasteiger partial charge in [0, 0.05) is 44.7 Å². The van der Waals surface area contributed by atoms with E-state index in [0.29, 0.717) is 19.6 Å². The van der Waals surface area contributed by atoms with Gasteiger partial charge in [-0.25, -0.2) is 0 Å². The third-order valence-corrected chi connectivity index (χ3v) is 4.16. The van der Waals surface area contributed by atoms with Crippen LogP contribution in [-0.2, 0) is 4.79 Å². The lowest BCUT2D eigenvalue weighted by atomic mass is 9.67. The van der Waals surface area contributed by atoms with Crippen LogP contribution in [0.5, 0.6) is 0 Å². The van der Waals surface area contributed by atoms with Gasteiger partial charge in [0.1, 0.15) is 0 Å². The van der Waals surface area contributed by atoms with Crippen molar-refractivity contribution in [3.8, 4) is 0 Å². The summed E-state index contributed by atoms with van der Waals surface area (Å²) < 4.78 is 0. The van der Waals surface area contributed by atoms with Crippen molar-refractivity contribution in [1.29, 1.82) is 0 Å². The van der Waals surface area contributed by atoms with Gasteiger partial charge < -0.3 is 27.4 Å². The molecule has 0 spiro atoms. The van der Waals surface area contributed by atoms with Gasteiger partial charge in [-0.1, -0.05) is 27.7 Å². The molecule has 7 N–H and O–H groups in total. The molecule has 0 aromatic carbocycles. The summed E-state index contributed by atoms with van der Waals surface area (Å²) >= 11 is 0. The average molecular weight is 287 g/mol. The van der Waals surface area contributed by atoms with E-state index >= 15 is 0 Å². The number of hydrogen-bond acceptors (Lipinski definition) is 5. The zero-order valence-electron chi connectivity index (χ0n) is 13.5. The molecular formula is C14H33N5O. The van der Waals surface area contributed by atoms with Gasteiger partial charge in [-0.3, -0.25) is 4.79 Å². The predicted molar refractivity (Wildman–Crippen MR) is 84.4 cm³/mol. The molecule has 0 bridgehead atoms. The van der Waals surface area contributed by atoms with Crippen LogP contribution in [0.2, 0.25) is 0 Å². The molecule has 120 valence electrons. The highest BCUT2D eigenvalue weighted by Crippen LogP contribution is 2.37. The molecule has 0 aliphatic carbocycles. The summed E-state index contributed by atoms with van der Waals surface area (Å²) in [6.45, 7) is 13.0. The van der Waals surface area contributed by atoms with Crippen molar-refractivity contribution in [2.75, 3.05) is 45.8 Å². The monoisotopic (exact) mass is 287 g/mol. The molecule has 1 amide bonds. The molecule has 6 heteroatoms. The van der Waals surface area contributed by atoms with E-state index in [1.165, 1.54) is 0 Å². The maximum Gasteiger partial charge on any atom is 0.226 e. The molecule has 0 aliphatic heterocycles. The lowest BCUT2D eigenvalue weighted by Gasteiger charge is -2.39. The van der Waals surface area contributed by atoms with Crippen molar-refractivity contribution in [2.24, 2.45) is 22.3 Å². The molecule has 6 nitrogen and oxygen atoms in total. The third kappa shape index (κ3) is 6.17. The van der Waals surface area contributed by atoms with Gasteiger partial charge in [-0.05, 0) is 12.0 Å². The van der Waals surface area contributed by atoms with Crippen LogP contribution in [-0.4, -0.2) is 51.7 Å². The molecule has 0 radical (unpaired) electrons. The molecule has 0 fully saturated rings. The Morgan fingerprint density at radius 2 is 1.40 bits per heavy atom. The Balaban J connectivity index is 3.83. The minimum absolute atomic E-state index is 0.0519. The molecule has 0 rings (SSSR count). The summed E-state index contributed by atoms with van der Waals surface area (Å²) in [6.07, 6.45) is 0. The summed E-state index contributed by atoms with van der Waals surface area (Å²) in [4.78, 5) is 12.2. The Kier molecular flexibility index (Phi) is 8.96. The highest BCUT2D eigenvalue weighted by atomic mass is 16.2. The first-order chi connectivity index (χ1) is 9.29. The number of nitrogens with two attached hydrogens (primary N) is 2. The van der Waals surface area contributed by atoms with Crippen LogP contribution >= 0.6 is 0 Å². The van der Waals surface area contributed by atoms with Gasteiger partial charge in [0.15, 0.2) is 0 Å². The van der Waals surface area contributed by atoms with E-state index in [0.717, 1.165) is 26.2 Å². The van der Waals surface area contributed by atoms with Gasteiger partial charge in [-0.15, -0.1) is 0 Å². The van der Waals surface area contributed by atoms with Gasteiger partial charge in [0.25, 0.3) is 0 Å². The highest BCUT2D eigenvalue weighted by Gasteiger charge is 2.41. The van der Waals surface area contributed by atoms with E-state index in [2.05, 4.69) is 16.0 Å². The fraction of sp³-hybridized carbons (Fsp3) is 0.929. The van der Waals surface area contributed by atoms with Gasteiger partial charge in [0.05, 0.1) is 0 Å². The summed E-state index contributed by atoms with van der Waals surface area (Å²) in [6, 6.07) is 0. The van der Waals surface area contributed by atoms with E-state index in [1.807, 2.05) is 27.7 Å². The first kappa shape index (κ1) is 19.3. The lowest BCUT2D eigenvalue weighted by Crippen LogP contribution is -2.50. The second-order valence-corrected chi connectivity index (χ2v) is 6.26. The summed E-state index contributed by atoms with van der Waals surface area (Å²) in [5.41, 5.74) is 10.4. The minimum Gasteiger partial charge on any atom is -0.354 e. The van der Waals surface area contributed by atoms with Crippen LogP contribution in [0.3, 0.4) is 0 Å². The van der Waals surface area contributed by atoms with E-state index in [9.17, 15) is 4.79 Å². The van der Waals surface area contributed by atoms with E-state index < -0.39 is 5.41 Å². The van der Waals surface area contributed by atoms with Crippen LogP contribution in [0.4, 0.5) is 0 Å². The largest absolute Gasteiger partial charge is 0.354 e. The van der Waals surface area contributed by atoms with Gasteiger partial charge >= 0.3 is 0 Å². The van der Waals surface area contributed by atoms with E-state index in [1.54, 1.807) is 0 Å². The Hall–Kier alpha value is -0.690. The Morgan fingerprint density at radius 1 is 0.900 bits per heavy atom. The van der Waals surface area contributed by atoms with Gasteiger partial charge in [0.2, 0.25) is 5.91 Å². The summed E-state index contributed by atoms with van der Waals surface area (Å²) in [5.74, 6) is 0.0519. The van der Waals surface area contributed by atoms with Crippen LogP contribution < -0.4 is 27.4 Å². The minimum atomic E-state index is -0.482. The smallest absolute Gasteiger partial charge is 0.226 e. The van der Waals surface area contributed by atoms with Crippen molar-refractivity contribution in [3.05, 3.63) is 0 Å². The number of amides is 1. The first-order valence-corrected chi connectivity index (χ1v) is 7.39. The number of rotatable bonds is 11. The molecular weight excluding hydrogens is 254 g/mol. The normalized spacial score (nSPS) is 12.5. The quantitative estimate of drug-likeness (QED) is 0.322. The summed E-state index contributed by atoms with van der Waals surface area (Å²) in [5, 5.41) is 9.43. The number of nitrogens with one attached hydrogen (secondary N) is 3. The molecule has 0 saturated heterocycles. The second kappa shape index (κ2) is 9.28. The molecule has 0 aromatic rings. The van der Waals surface area contributed by atoms with Crippen molar-refractivity contribution < 1.29 is 4.79 Å². The molecule has 0 aromatic heterocycles. The maximum atomic E-state index is 12.2. The van der Waals surface area contributed by atoms with Crippen LogP contribution in [0, 0.1) is 10.8 Å². The van der Waals surface area contributed by atoms with Crippen LogP contribution in [0.15, 0.2) is 0 Å². The fourth-order valence-electron chi connectivity index (χ4n) is 1.58. The van der Waals surface area contributed by atoms with Crippen LogP contribution in [0.25, 0.3) is 0 Å². The van der Waals surface area contributed by atoms with Crippen molar-refractivity contribution in [1.82, 2.24) is 16.0 Å². The predicted octanol–water partition coefficient (Wildman–Crippen LogP) is -0.748. The van der Waals surface area contributed by atoms with E-state index in [-0.39, 0.29) is 11.3 Å². The topological polar surface area (TPSA) is 105 Å². The Bertz CT molecular complexity index is 279. The molecule has 0 unspecified atom stereocenters. The van der Waals surface area contributed by atoms with Crippen molar-refractivity contribution in [2.45, 2.75) is 27.7 Å². The molecule has 0 aliphatic rings. The lowest BCUT2D eigenvalue weighted by molar-refractivity contribution is -0.135. The number of carbonyl (C=O) groups excluding carboxylic acids is 1. The van der Waals surface area contributed by atoms with Crippen LogP contribution in [0.1, 0.15) is 27.7 Å². The Labute approximate surface area is 123 Å². The number of hydrogen-bond donors (Lipinski definition) is 5. The fourth-order valence-corrected chi connectivity index (χ4v) is 1.58. The summed E-state index contributed by atoms with van der Waals surface area (Å²) in [7, 11) is 0. The van der Waals surface area contributed by atoms with E-state index in [4.69, 9.17) is 11.5 Å². The standard InChI is InChI=1S/C14H33N5O/c1-13(2,11-16)14(3,4)12(20)19-10-9-18-8-7-17-6-5-15/h17-18H,5-11,15-16H2,1-4H3,(H,19,20). The van der Waals surface area contributed by atoms with Gasteiger partial charge in [-0.2, -0.15) is 0 Å². The zero-order valence-corrected chi connectivity index (χ0v) is 13.5. The third-order valence-electron chi connectivity index (χ3n) is 4.16. The maximum absolute atomic E-state index is 12.2. The molecule has 20 heavy (non-hydrogen) atoms. The molecule has 0 heterocycles.